The number of aryl methyl sites for hydroxylation is 1. The Balaban J connectivity index is 2.38. The first kappa shape index (κ1) is 13.7. The molecule has 3 N–H and O–H groups in total. The Hall–Kier alpha value is -1.69. The summed E-state index contributed by atoms with van der Waals surface area (Å²) in [5, 5.41) is 14.2. The van der Waals surface area contributed by atoms with E-state index in [2.05, 4.69) is 5.32 Å². The molecule has 1 saturated carbocycles. The van der Waals surface area contributed by atoms with Gasteiger partial charge in [-0.25, -0.2) is 4.39 Å². The van der Waals surface area contributed by atoms with Crippen LogP contribution in [0, 0.1) is 28.8 Å². The molecule has 0 saturated heterocycles. The molecule has 5 nitrogen and oxygen atoms in total. The summed E-state index contributed by atoms with van der Waals surface area (Å²) in [6.45, 7) is 3.92. The lowest BCUT2D eigenvalue weighted by molar-refractivity contribution is -0.384. The van der Waals surface area contributed by atoms with Crippen molar-refractivity contribution < 1.29 is 9.31 Å². The van der Waals surface area contributed by atoms with Crippen molar-refractivity contribution in [2.45, 2.75) is 32.2 Å². The number of nitrogens with zero attached hydrogens (tertiary/aromatic N) is 1. The number of anilines is 1. The number of rotatable bonds is 5. The van der Waals surface area contributed by atoms with E-state index >= 15 is 0 Å². The van der Waals surface area contributed by atoms with Gasteiger partial charge in [-0.2, -0.15) is 0 Å². The predicted molar refractivity (Wildman–Crippen MR) is 71.6 cm³/mol. The first-order valence-electron chi connectivity index (χ1n) is 6.30. The monoisotopic (exact) mass is 267 g/mol. The van der Waals surface area contributed by atoms with Gasteiger partial charge in [-0.3, -0.25) is 10.1 Å². The lowest BCUT2D eigenvalue weighted by Gasteiger charge is -2.30. The molecule has 0 aromatic heterocycles. The van der Waals surface area contributed by atoms with Gasteiger partial charge in [0, 0.05) is 12.1 Å². The summed E-state index contributed by atoms with van der Waals surface area (Å²) in [4.78, 5) is 10.4. The molecule has 0 amide bonds. The zero-order chi connectivity index (χ0) is 14.2. The van der Waals surface area contributed by atoms with E-state index in [9.17, 15) is 14.5 Å². The molecular weight excluding hydrogens is 249 g/mol. The fraction of sp³-hybridized carbons (Fsp3) is 0.538. The third kappa shape index (κ3) is 2.68. The highest BCUT2D eigenvalue weighted by Crippen LogP contribution is 2.42. The van der Waals surface area contributed by atoms with E-state index in [1.165, 1.54) is 6.07 Å². The Morgan fingerprint density at radius 2 is 2.21 bits per heavy atom. The van der Waals surface area contributed by atoms with Gasteiger partial charge in [0.1, 0.15) is 11.5 Å². The molecule has 0 heterocycles. The molecule has 104 valence electrons. The maximum atomic E-state index is 13.4. The Morgan fingerprint density at radius 1 is 1.58 bits per heavy atom. The number of nitrogens with two attached hydrogens (primary N) is 1. The highest BCUT2D eigenvalue weighted by atomic mass is 19.1. The highest BCUT2D eigenvalue weighted by molar-refractivity contribution is 5.64. The van der Waals surface area contributed by atoms with Gasteiger partial charge in [-0.05, 0) is 44.2 Å². The minimum absolute atomic E-state index is 0.247. The molecule has 1 aliphatic rings. The van der Waals surface area contributed by atoms with Gasteiger partial charge < -0.3 is 11.1 Å². The predicted octanol–water partition coefficient (Wildman–Crippen LogP) is 2.58. The van der Waals surface area contributed by atoms with E-state index in [1.807, 2.05) is 6.92 Å². The third-order valence-corrected chi connectivity index (χ3v) is 3.80. The summed E-state index contributed by atoms with van der Waals surface area (Å²) in [6, 6.07) is 2.44. The van der Waals surface area contributed by atoms with Crippen molar-refractivity contribution >= 4 is 11.4 Å². The average molecular weight is 267 g/mol. The molecule has 19 heavy (non-hydrogen) atoms. The van der Waals surface area contributed by atoms with Crippen LogP contribution in [0.15, 0.2) is 12.1 Å². The zero-order valence-electron chi connectivity index (χ0n) is 11.1. The van der Waals surface area contributed by atoms with Crippen molar-refractivity contribution in [3.63, 3.8) is 0 Å². The quantitative estimate of drug-likeness (QED) is 0.634. The second-order valence-corrected chi connectivity index (χ2v) is 5.40. The normalized spacial score (nSPS) is 17.9. The first-order valence-corrected chi connectivity index (χ1v) is 6.30. The van der Waals surface area contributed by atoms with Crippen LogP contribution in [0.2, 0.25) is 0 Å². The maximum absolute atomic E-state index is 13.4. The van der Waals surface area contributed by atoms with Crippen molar-refractivity contribution in [1.82, 2.24) is 0 Å². The van der Waals surface area contributed by atoms with Gasteiger partial charge in [0.15, 0.2) is 0 Å². The average Bonchev–Trinajstić information content (AvgIpc) is 3.17. The largest absolute Gasteiger partial charge is 0.373 e. The van der Waals surface area contributed by atoms with Gasteiger partial charge >= 0.3 is 0 Å². The van der Waals surface area contributed by atoms with Crippen molar-refractivity contribution in [1.29, 1.82) is 0 Å². The summed E-state index contributed by atoms with van der Waals surface area (Å²) < 4.78 is 13.4. The molecule has 1 aliphatic carbocycles. The second kappa shape index (κ2) is 4.77. The Morgan fingerprint density at radius 3 is 2.68 bits per heavy atom. The minimum Gasteiger partial charge on any atom is -0.373 e. The van der Waals surface area contributed by atoms with Crippen LogP contribution in [0.5, 0.6) is 0 Å². The SMILES string of the molecule is Cc1cc(NC(C)(CN)C2CC2)c([N+](=O)[O-])cc1F. The van der Waals surface area contributed by atoms with Crippen LogP contribution in [-0.2, 0) is 0 Å². The topological polar surface area (TPSA) is 81.2 Å². The van der Waals surface area contributed by atoms with E-state index < -0.39 is 10.7 Å². The van der Waals surface area contributed by atoms with Gasteiger partial charge in [0.2, 0.25) is 0 Å². The summed E-state index contributed by atoms with van der Waals surface area (Å²) in [5.74, 6) is -0.152. The minimum atomic E-state index is -0.575. The number of halogens is 1. The van der Waals surface area contributed by atoms with Crippen LogP contribution in [0.1, 0.15) is 25.3 Å². The second-order valence-electron chi connectivity index (χ2n) is 5.40. The van der Waals surface area contributed by atoms with E-state index in [0.29, 0.717) is 23.7 Å². The Kier molecular flexibility index (Phi) is 3.45. The fourth-order valence-electron chi connectivity index (χ4n) is 2.27. The number of nitrogens with one attached hydrogen (secondary N) is 1. The number of hydrogen-bond donors (Lipinski definition) is 2. The lowest BCUT2D eigenvalue weighted by Crippen LogP contribution is -2.44. The van der Waals surface area contributed by atoms with Crippen LogP contribution in [-0.4, -0.2) is 17.0 Å². The number of nitro groups is 1. The van der Waals surface area contributed by atoms with Crippen LogP contribution >= 0.6 is 0 Å². The van der Waals surface area contributed by atoms with Gasteiger partial charge in [-0.15, -0.1) is 0 Å². The summed E-state index contributed by atoms with van der Waals surface area (Å²) >= 11 is 0. The smallest absolute Gasteiger partial charge is 0.295 e. The van der Waals surface area contributed by atoms with Crippen LogP contribution in [0.4, 0.5) is 15.8 Å². The van der Waals surface area contributed by atoms with Crippen molar-refractivity contribution in [3.05, 3.63) is 33.6 Å². The molecule has 1 fully saturated rings. The maximum Gasteiger partial charge on any atom is 0.295 e. The molecule has 0 spiro atoms. The number of hydrogen-bond acceptors (Lipinski definition) is 4. The van der Waals surface area contributed by atoms with Crippen molar-refractivity contribution in [3.8, 4) is 0 Å². The van der Waals surface area contributed by atoms with E-state index in [1.54, 1.807) is 6.92 Å². The van der Waals surface area contributed by atoms with E-state index in [4.69, 9.17) is 5.73 Å². The van der Waals surface area contributed by atoms with Gasteiger partial charge in [-0.1, -0.05) is 0 Å². The summed E-state index contributed by atoms with van der Waals surface area (Å²) in [5.41, 5.74) is 5.87. The fourth-order valence-corrected chi connectivity index (χ4v) is 2.27. The van der Waals surface area contributed by atoms with Gasteiger partial charge in [0.25, 0.3) is 5.69 Å². The Bertz CT molecular complexity index is 517. The first-order chi connectivity index (χ1) is 8.87. The third-order valence-electron chi connectivity index (χ3n) is 3.80. The van der Waals surface area contributed by atoms with Crippen molar-refractivity contribution in [2.24, 2.45) is 11.7 Å². The molecule has 0 bridgehead atoms. The zero-order valence-corrected chi connectivity index (χ0v) is 11.1. The standard InChI is InChI=1S/C13H18FN3O2/c1-8-5-11(12(17(18)19)6-10(8)14)16-13(2,7-15)9-3-4-9/h5-6,9,16H,3-4,7,15H2,1-2H3. The summed E-state index contributed by atoms with van der Waals surface area (Å²) in [7, 11) is 0. The molecule has 1 aromatic carbocycles. The van der Waals surface area contributed by atoms with Gasteiger partial charge in [0.05, 0.1) is 11.0 Å². The van der Waals surface area contributed by atoms with Crippen LogP contribution in [0.25, 0.3) is 0 Å². The molecule has 6 heteroatoms. The molecule has 0 radical (unpaired) electrons. The molecule has 1 atom stereocenters. The van der Waals surface area contributed by atoms with E-state index in [0.717, 1.165) is 18.9 Å². The van der Waals surface area contributed by atoms with Crippen molar-refractivity contribution in [2.75, 3.05) is 11.9 Å². The molecular formula is C13H18FN3O2. The van der Waals surface area contributed by atoms with Crippen LogP contribution in [0.3, 0.4) is 0 Å². The number of nitro benzene ring substituents is 1. The van der Waals surface area contributed by atoms with E-state index in [-0.39, 0.29) is 11.2 Å². The molecule has 2 rings (SSSR count). The number of benzene rings is 1. The molecule has 1 unspecified atom stereocenters. The summed E-state index contributed by atoms with van der Waals surface area (Å²) in [6.07, 6.45) is 2.13. The highest BCUT2D eigenvalue weighted by Gasteiger charge is 2.41. The lowest BCUT2D eigenvalue weighted by atomic mass is 9.95. The molecule has 1 aromatic rings. The van der Waals surface area contributed by atoms with Crippen LogP contribution < -0.4 is 11.1 Å². The molecule has 0 aliphatic heterocycles. The Labute approximate surface area is 111 Å².